The van der Waals surface area contributed by atoms with Crippen molar-refractivity contribution in [3.05, 3.63) is 54.6 Å². The molecule has 2 N–H and O–H groups in total. The van der Waals surface area contributed by atoms with E-state index in [2.05, 4.69) is 20.1 Å². The van der Waals surface area contributed by atoms with E-state index in [0.717, 1.165) is 49.7 Å². The third-order valence-electron chi connectivity index (χ3n) is 15.1. The van der Waals surface area contributed by atoms with E-state index in [0.29, 0.717) is 25.7 Å². The molecule has 350 valence electrons. The molecule has 0 spiro atoms. The van der Waals surface area contributed by atoms with E-state index in [1.165, 1.54) is 14.2 Å². The molecule has 1 aromatic rings. The number of hydrogen-bond acceptors (Lipinski definition) is 15. The van der Waals surface area contributed by atoms with Gasteiger partial charge in [-0.05, 0) is 74.1 Å². The Hall–Kier alpha value is -2.32. The number of carbonyl (C=O) groups is 1. The van der Waals surface area contributed by atoms with Gasteiger partial charge in [-0.3, -0.25) is 4.79 Å². The maximum absolute atomic E-state index is 13.7. The van der Waals surface area contributed by atoms with Crippen LogP contribution in [-0.2, 0) is 62.0 Å². The molecule has 9 saturated heterocycles. The van der Waals surface area contributed by atoms with E-state index in [1.54, 1.807) is 30.3 Å². The zero-order chi connectivity index (χ0) is 44.2. The molecule has 0 unspecified atom stereocenters. The minimum absolute atomic E-state index is 0.0468. The predicted octanol–water partition coefficient (Wildman–Crippen LogP) is 4.15. The summed E-state index contributed by atoms with van der Waals surface area (Å²) in [6.07, 6.45) is 1.69. The Kier molecular flexibility index (Phi) is 13.6. The van der Waals surface area contributed by atoms with Crippen LogP contribution in [0.4, 0.5) is 0 Å². The zero-order valence-corrected chi connectivity index (χ0v) is 37.5. The van der Waals surface area contributed by atoms with E-state index in [4.69, 9.17) is 47.4 Å². The topological polar surface area (TPSA) is 184 Å². The van der Waals surface area contributed by atoms with Crippen LogP contribution in [0.1, 0.15) is 84.0 Å². The van der Waals surface area contributed by atoms with Crippen LogP contribution in [0, 0.1) is 11.8 Å². The fraction of sp³-hybridized carbons (Fsp3) is 0.766. The maximum Gasteiger partial charge on any atom is 0.308 e. The number of aliphatic hydroxyl groups is 2. The number of esters is 1. The van der Waals surface area contributed by atoms with Crippen LogP contribution in [0.5, 0.6) is 0 Å². The minimum Gasteiger partial charge on any atom is -0.469 e. The van der Waals surface area contributed by atoms with Crippen LogP contribution in [0.3, 0.4) is 0 Å². The maximum atomic E-state index is 13.7. The first-order valence-corrected chi connectivity index (χ1v) is 24.7. The number of carbonyl (C=O) groups excluding carboxylic acids is 1. The molecule has 63 heavy (non-hydrogen) atoms. The van der Waals surface area contributed by atoms with Gasteiger partial charge < -0.3 is 57.6 Å². The number of benzene rings is 1. The standard InChI is InChI=1S/C47H66O15S/c1-25-17-29(56-36(27(25)3)21-37-33(24-63(51,52)32-9-7-6-8-10-32)41(54-5)38(58-37)19-28(49)23-48)11-13-34-26(2)18-31(55-34)15-16-47-22-39-43(61-47)44-45(60-39)46(62-47)42-35(59-44)14-12-30(57-42)20-40(50)53-4/h6-10,25,28-31,33-39,41-46,48-49H,2-3,11-24H2,1,4-5H3/t25-,28+,29+,30-,31+,33+,34+,35+,36-,37+,38-,39-,41-,42+,43+,44+,45-,46+,47+/m1/s1. The van der Waals surface area contributed by atoms with Gasteiger partial charge >= 0.3 is 5.97 Å². The molecule has 15 nitrogen and oxygen atoms in total. The van der Waals surface area contributed by atoms with Gasteiger partial charge in [0.1, 0.15) is 30.5 Å². The SMILES string of the molecule is C=C1C[C@H](CC[C@@]23C[C@H]4O[C@H]5[C@@H](O2)[C@H]2O[C@@H](CC(=O)OC)CC[C@@H]2O[C@H]5[C@H]4O3)O[C@H]1CC[C@H]1C[C@@H](C)C(=C)[C@@H](C[C@@H]2O[C@H](C[C@H](O)CO)[C@H](OC)[C@H]2CS(=O)(=O)c2ccccc2)O1. The number of sulfone groups is 1. The van der Waals surface area contributed by atoms with Gasteiger partial charge in [-0.1, -0.05) is 38.3 Å². The van der Waals surface area contributed by atoms with Gasteiger partial charge in [0.05, 0.1) is 97.9 Å². The number of hydrogen-bond donors (Lipinski definition) is 2. The smallest absolute Gasteiger partial charge is 0.308 e. The molecule has 9 fully saturated rings. The fourth-order valence-electron chi connectivity index (χ4n) is 11.9. The van der Waals surface area contributed by atoms with Gasteiger partial charge in [0.2, 0.25) is 0 Å². The van der Waals surface area contributed by atoms with Crippen molar-refractivity contribution in [3.8, 4) is 0 Å². The third-order valence-corrected chi connectivity index (χ3v) is 16.9. The molecule has 9 aliphatic rings. The Labute approximate surface area is 370 Å². The molecule has 9 aliphatic heterocycles. The first kappa shape index (κ1) is 45.8. The summed E-state index contributed by atoms with van der Waals surface area (Å²) < 4.78 is 91.4. The second-order valence-electron chi connectivity index (χ2n) is 19.3. The Morgan fingerprint density at radius 1 is 0.857 bits per heavy atom. The van der Waals surface area contributed by atoms with Crippen molar-refractivity contribution in [1.29, 1.82) is 0 Å². The molecule has 0 aliphatic carbocycles. The van der Waals surface area contributed by atoms with Crippen molar-refractivity contribution in [2.75, 3.05) is 26.6 Å². The largest absolute Gasteiger partial charge is 0.469 e. The Morgan fingerprint density at radius 2 is 1.60 bits per heavy atom. The summed E-state index contributed by atoms with van der Waals surface area (Å²) in [6, 6.07) is 8.36. The van der Waals surface area contributed by atoms with Crippen molar-refractivity contribution in [3.63, 3.8) is 0 Å². The number of rotatable bonds is 17. The molecule has 0 saturated carbocycles. The molecule has 6 bridgehead atoms. The first-order valence-electron chi connectivity index (χ1n) is 23.1. The summed E-state index contributed by atoms with van der Waals surface area (Å²) in [5.74, 6) is -1.73. The van der Waals surface area contributed by atoms with E-state index >= 15 is 0 Å². The molecular weight excluding hydrogens is 837 g/mol. The Bertz CT molecular complexity index is 1910. The third kappa shape index (κ3) is 9.36. The second kappa shape index (κ2) is 18.8. The van der Waals surface area contributed by atoms with Gasteiger partial charge in [0.25, 0.3) is 0 Å². The lowest BCUT2D eigenvalue weighted by molar-refractivity contribution is -0.293. The summed E-state index contributed by atoms with van der Waals surface area (Å²) in [5, 5.41) is 20.0. The van der Waals surface area contributed by atoms with E-state index in [1.807, 2.05) is 0 Å². The zero-order valence-electron chi connectivity index (χ0n) is 36.7. The van der Waals surface area contributed by atoms with Gasteiger partial charge in [0, 0.05) is 38.7 Å². The first-order chi connectivity index (χ1) is 30.3. The van der Waals surface area contributed by atoms with Crippen molar-refractivity contribution < 1.29 is 70.8 Å². The number of fused-ring (bicyclic) bond motifs is 1. The summed E-state index contributed by atoms with van der Waals surface area (Å²) in [5.41, 5.74) is 2.00. The molecule has 1 aromatic carbocycles. The van der Waals surface area contributed by atoms with E-state index < -0.39 is 52.6 Å². The van der Waals surface area contributed by atoms with Crippen LogP contribution in [0.25, 0.3) is 0 Å². The highest BCUT2D eigenvalue weighted by atomic mass is 32.2. The molecule has 10 rings (SSSR count). The monoisotopic (exact) mass is 902 g/mol. The fourth-order valence-corrected chi connectivity index (χ4v) is 13.5. The van der Waals surface area contributed by atoms with E-state index in [-0.39, 0.29) is 109 Å². The predicted molar refractivity (Wildman–Crippen MR) is 225 cm³/mol. The van der Waals surface area contributed by atoms with Crippen LogP contribution in [-0.4, -0.2) is 155 Å². The van der Waals surface area contributed by atoms with Gasteiger partial charge in [-0.15, -0.1) is 0 Å². The molecular formula is C47H66O15S. The summed E-state index contributed by atoms with van der Waals surface area (Å²) in [7, 11) is -0.793. The van der Waals surface area contributed by atoms with Crippen LogP contribution >= 0.6 is 0 Å². The highest BCUT2D eigenvalue weighted by molar-refractivity contribution is 7.91. The molecule has 0 amide bonds. The van der Waals surface area contributed by atoms with Crippen LogP contribution in [0.2, 0.25) is 0 Å². The lowest BCUT2D eigenvalue weighted by atomic mass is 9.83. The molecule has 0 radical (unpaired) electrons. The number of ether oxygens (including phenoxy) is 10. The van der Waals surface area contributed by atoms with Crippen molar-refractivity contribution >= 4 is 15.8 Å². The van der Waals surface area contributed by atoms with Gasteiger partial charge in [0.15, 0.2) is 15.6 Å². The molecule has 19 atom stereocenters. The average Bonchev–Trinajstić information content (AvgIpc) is 3.95. The highest BCUT2D eigenvalue weighted by Crippen LogP contribution is 2.54. The summed E-state index contributed by atoms with van der Waals surface area (Å²) in [4.78, 5) is 12.3. The molecule has 16 heteroatoms. The van der Waals surface area contributed by atoms with Crippen LogP contribution < -0.4 is 0 Å². The van der Waals surface area contributed by atoms with Crippen LogP contribution in [0.15, 0.2) is 59.5 Å². The van der Waals surface area contributed by atoms with Gasteiger partial charge in [-0.25, -0.2) is 8.42 Å². The molecule has 0 aromatic heterocycles. The summed E-state index contributed by atoms with van der Waals surface area (Å²) in [6.45, 7) is 10.6. The second-order valence-corrected chi connectivity index (χ2v) is 21.3. The normalized spacial score (nSPS) is 43.5. The summed E-state index contributed by atoms with van der Waals surface area (Å²) >= 11 is 0. The quantitative estimate of drug-likeness (QED) is 0.168. The van der Waals surface area contributed by atoms with Crippen molar-refractivity contribution in [2.24, 2.45) is 11.8 Å². The van der Waals surface area contributed by atoms with E-state index in [9.17, 15) is 23.4 Å². The van der Waals surface area contributed by atoms with Crippen molar-refractivity contribution in [2.45, 2.75) is 192 Å². The van der Waals surface area contributed by atoms with Gasteiger partial charge in [-0.2, -0.15) is 0 Å². The lowest BCUT2D eigenvalue weighted by Gasteiger charge is -2.47. The minimum atomic E-state index is -3.71. The number of methoxy groups -OCH3 is 2. The highest BCUT2D eigenvalue weighted by Gasteiger charge is 2.68. The number of aliphatic hydroxyl groups excluding tert-OH is 2. The average molecular weight is 903 g/mol. The lowest BCUT2D eigenvalue weighted by Crippen LogP contribution is -2.61. The Balaban J connectivity index is 0.806. The van der Waals surface area contributed by atoms with Crippen molar-refractivity contribution in [1.82, 2.24) is 0 Å². The molecule has 9 heterocycles. The Morgan fingerprint density at radius 3 is 2.37 bits per heavy atom.